The Balaban J connectivity index is 1.87. The first-order valence-electron chi connectivity index (χ1n) is 8.00. The summed E-state index contributed by atoms with van der Waals surface area (Å²) in [6, 6.07) is 7.09. The van der Waals surface area contributed by atoms with E-state index in [4.69, 9.17) is 4.74 Å². The van der Waals surface area contributed by atoms with Crippen LogP contribution in [0.3, 0.4) is 0 Å². The van der Waals surface area contributed by atoms with Crippen molar-refractivity contribution in [2.75, 3.05) is 19.0 Å². The van der Waals surface area contributed by atoms with Gasteiger partial charge in [0.05, 0.1) is 13.7 Å². The molecule has 1 aromatic heterocycles. The van der Waals surface area contributed by atoms with Crippen molar-refractivity contribution in [2.24, 2.45) is 0 Å². The van der Waals surface area contributed by atoms with Crippen LogP contribution in [0.1, 0.15) is 39.0 Å². The average Bonchev–Trinajstić information content (AvgIpc) is 2.92. The fourth-order valence-corrected chi connectivity index (χ4v) is 2.63. The van der Waals surface area contributed by atoms with Gasteiger partial charge in [0.2, 0.25) is 0 Å². The monoisotopic (exact) mass is 358 g/mol. The second-order valence-corrected chi connectivity index (χ2v) is 5.77. The third-order valence-corrected chi connectivity index (χ3v) is 3.88. The zero-order chi connectivity index (χ0) is 19.3. The van der Waals surface area contributed by atoms with Crippen LogP contribution in [0.5, 0.6) is 5.75 Å². The normalized spacial score (nSPS) is 10.2. The van der Waals surface area contributed by atoms with Crippen LogP contribution in [-0.4, -0.2) is 36.2 Å². The maximum Gasteiger partial charge on any atom is 0.286 e. The number of anilines is 1. The predicted octanol–water partition coefficient (Wildman–Crippen LogP) is 1.72. The number of hydrazine groups is 1. The number of rotatable bonds is 6. The molecule has 1 heterocycles. The lowest BCUT2D eigenvalue weighted by Gasteiger charge is -2.09. The molecule has 2 rings (SSSR count). The third kappa shape index (κ3) is 4.41. The van der Waals surface area contributed by atoms with Crippen molar-refractivity contribution in [2.45, 2.75) is 20.8 Å². The molecule has 0 spiro atoms. The molecule has 26 heavy (non-hydrogen) atoms. The number of aromatic amines is 1. The SMILES string of the molecule is COc1ccc(NCC(=O)NNC(=O)c2[nH]c(C)c(C(C)=O)c2C)cc1. The first-order chi connectivity index (χ1) is 12.3. The van der Waals surface area contributed by atoms with Gasteiger partial charge in [-0.1, -0.05) is 0 Å². The van der Waals surface area contributed by atoms with Crippen molar-refractivity contribution >= 4 is 23.3 Å². The highest BCUT2D eigenvalue weighted by Crippen LogP contribution is 2.18. The summed E-state index contributed by atoms with van der Waals surface area (Å²) >= 11 is 0. The van der Waals surface area contributed by atoms with Crippen LogP contribution in [0.4, 0.5) is 5.69 Å². The van der Waals surface area contributed by atoms with Crippen LogP contribution in [0.2, 0.25) is 0 Å². The van der Waals surface area contributed by atoms with Gasteiger partial charge in [-0.05, 0) is 50.6 Å². The van der Waals surface area contributed by atoms with E-state index in [2.05, 4.69) is 21.2 Å². The third-order valence-electron chi connectivity index (χ3n) is 3.88. The minimum atomic E-state index is -0.518. The Hall–Kier alpha value is -3.29. The van der Waals surface area contributed by atoms with Gasteiger partial charge >= 0.3 is 0 Å². The lowest BCUT2D eigenvalue weighted by Crippen LogP contribution is -2.44. The summed E-state index contributed by atoms with van der Waals surface area (Å²) in [6.45, 7) is 4.82. The molecule has 8 nitrogen and oxygen atoms in total. The molecule has 0 aliphatic rings. The Morgan fingerprint density at radius 2 is 1.73 bits per heavy atom. The van der Waals surface area contributed by atoms with Crippen LogP contribution in [0.25, 0.3) is 0 Å². The van der Waals surface area contributed by atoms with Crippen molar-refractivity contribution in [1.29, 1.82) is 0 Å². The van der Waals surface area contributed by atoms with Gasteiger partial charge in [-0.15, -0.1) is 0 Å². The zero-order valence-electron chi connectivity index (χ0n) is 15.1. The van der Waals surface area contributed by atoms with E-state index in [0.717, 1.165) is 5.69 Å². The van der Waals surface area contributed by atoms with Crippen LogP contribution < -0.4 is 20.9 Å². The molecule has 0 aliphatic carbocycles. The van der Waals surface area contributed by atoms with E-state index < -0.39 is 11.8 Å². The molecule has 0 unspecified atom stereocenters. The van der Waals surface area contributed by atoms with E-state index in [1.54, 1.807) is 45.2 Å². The Morgan fingerprint density at radius 1 is 1.08 bits per heavy atom. The van der Waals surface area contributed by atoms with E-state index >= 15 is 0 Å². The van der Waals surface area contributed by atoms with Gasteiger partial charge in [0.15, 0.2) is 5.78 Å². The highest BCUT2D eigenvalue weighted by atomic mass is 16.5. The van der Waals surface area contributed by atoms with Gasteiger partial charge in [0, 0.05) is 16.9 Å². The van der Waals surface area contributed by atoms with Gasteiger partial charge in [0.25, 0.3) is 11.8 Å². The molecule has 2 amide bonds. The Labute approximate surface area is 151 Å². The number of amides is 2. The molecule has 0 saturated heterocycles. The molecule has 0 atom stereocenters. The summed E-state index contributed by atoms with van der Waals surface area (Å²) in [5.41, 5.74) is 7.31. The van der Waals surface area contributed by atoms with Crippen LogP contribution in [0, 0.1) is 13.8 Å². The lowest BCUT2D eigenvalue weighted by atomic mass is 10.1. The standard InChI is InChI=1S/C18H22N4O4/c1-10-16(12(3)23)11(2)20-17(10)18(25)22-21-15(24)9-19-13-5-7-14(26-4)8-6-13/h5-8,19-20H,9H2,1-4H3,(H,21,24)(H,22,25). The van der Waals surface area contributed by atoms with Gasteiger partial charge < -0.3 is 15.0 Å². The summed E-state index contributed by atoms with van der Waals surface area (Å²) in [5.74, 6) is -0.338. The van der Waals surface area contributed by atoms with Crippen molar-refractivity contribution in [1.82, 2.24) is 15.8 Å². The van der Waals surface area contributed by atoms with Gasteiger partial charge in [0.1, 0.15) is 11.4 Å². The summed E-state index contributed by atoms with van der Waals surface area (Å²) < 4.78 is 5.06. The maximum atomic E-state index is 12.2. The maximum absolute atomic E-state index is 12.2. The minimum absolute atomic E-state index is 0.0198. The topological polar surface area (TPSA) is 112 Å². The summed E-state index contributed by atoms with van der Waals surface area (Å²) in [6.07, 6.45) is 0. The Bertz CT molecular complexity index is 824. The summed E-state index contributed by atoms with van der Waals surface area (Å²) in [4.78, 5) is 38.5. The second-order valence-electron chi connectivity index (χ2n) is 5.77. The number of methoxy groups -OCH3 is 1. The highest BCUT2D eigenvalue weighted by Gasteiger charge is 2.19. The molecule has 0 aliphatic heterocycles. The number of ether oxygens (including phenoxy) is 1. The molecule has 0 radical (unpaired) electrons. The Kier molecular flexibility index (Phi) is 6.00. The smallest absolute Gasteiger partial charge is 0.286 e. The van der Waals surface area contributed by atoms with Crippen LogP contribution in [-0.2, 0) is 4.79 Å². The molecule has 2 aromatic rings. The number of nitrogens with one attached hydrogen (secondary N) is 4. The minimum Gasteiger partial charge on any atom is -0.497 e. The van der Waals surface area contributed by atoms with Crippen molar-refractivity contribution < 1.29 is 19.1 Å². The fourth-order valence-electron chi connectivity index (χ4n) is 2.63. The van der Waals surface area contributed by atoms with E-state index in [1.807, 2.05) is 0 Å². The van der Waals surface area contributed by atoms with E-state index in [-0.39, 0.29) is 18.0 Å². The number of Topliss-reactive ketones (excluding diaryl/α,β-unsaturated/α-hetero) is 1. The number of hydrogen-bond acceptors (Lipinski definition) is 5. The fraction of sp³-hybridized carbons (Fsp3) is 0.278. The number of H-pyrrole nitrogens is 1. The Morgan fingerprint density at radius 3 is 2.27 bits per heavy atom. The molecule has 0 saturated carbocycles. The first kappa shape index (κ1) is 19.0. The quantitative estimate of drug-likeness (QED) is 0.464. The molecule has 138 valence electrons. The number of hydrogen-bond donors (Lipinski definition) is 4. The molecule has 1 aromatic carbocycles. The van der Waals surface area contributed by atoms with Crippen LogP contribution in [0.15, 0.2) is 24.3 Å². The first-order valence-corrected chi connectivity index (χ1v) is 8.00. The number of benzene rings is 1. The van der Waals surface area contributed by atoms with E-state index in [1.165, 1.54) is 6.92 Å². The van der Waals surface area contributed by atoms with E-state index in [9.17, 15) is 14.4 Å². The number of aromatic nitrogens is 1. The number of carbonyl (C=O) groups excluding carboxylic acids is 3. The highest BCUT2D eigenvalue weighted by molar-refractivity contribution is 6.02. The van der Waals surface area contributed by atoms with E-state index in [0.29, 0.717) is 22.6 Å². The molecular formula is C18H22N4O4. The van der Waals surface area contributed by atoms with Crippen molar-refractivity contribution in [3.63, 3.8) is 0 Å². The van der Waals surface area contributed by atoms with Crippen molar-refractivity contribution in [3.8, 4) is 5.75 Å². The summed E-state index contributed by atoms with van der Waals surface area (Å²) in [7, 11) is 1.57. The van der Waals surface area contributed by atoms with Gasteiger partial charge in [-0.25, -0.2) is 0 Å². The average molecular weight is 358 g/mol. The molecule has 0 bridgehead atoms. The molecular weight excluding hydrogens is 336 g/mol. The van der Waals surface area contributed by atoms with Crippen molar-refractivity contribution in [3.05, 3.63) is 46.8 Å². The zero-order valence-corrected chi connectivity index (χ0v) is 15.1. The lowest BCUT2D eigenvalue weighted by molar-refractivity contribution is -0.120. The number of aryl methyl sites for hydroxylation is 1. The predicted molar refractivity (Wildman–Crippen MR) is 97.4 cm³/mol. The molecule has 8 heteroatoms. The molecule has 4 N–H and O–H groups in total. The summed E-state index contributed by atoms with van der Waals surface area (Å²) in [5, 5.41) is 2.93. The molecule has 0 fully saturated rings. The number of ketones is 1. The van der Waals surface area contributed by atoms with Gasteiger partial charge in [-0.3, -0.25) is 25.2 Å². The second kappa shape index (κ2) is 8.19. The largest absolute Gasteiger partial charge is 0.497 e. The number of carbonyl (C=O) groups is 3. The van der Waals surface area contributed by atoms with Crippen LogP contribution >= 0.6 is 0 Å². The van der Waals surface area contributed by atoms with Gasteiger partial charge in [-0.2, -0.15) is 0 Å².